The summed E-state index contributed by atoms with van der Waals surface area (Å²) < 4.78 is 2.00. The molecule has 2 N–H and O–H groups in total. The van der Waals surface area contributed by atoms with E-state index >= 15 is 0 Å². The van der Waals surface area contributed by atoms with E-state index in [1.165, 1.54) is 22.3 Å². The molecule has 1 aliphatic rings. The molecule has 0 aliphatic carbocycles. The van der Waals surface area contributed by atoms with E-state index in [2.05, 4.69) is 53.5 Å². The summed E-state index contributed by atoms with van der Waals surface area (Å²) in [7, 11) is 0. The molecule has 0 fully saturated rings. The Balaban J connectivity index is 1.56. The first-order valence-corrected chi connectivity index (χ1v) is 8.88. The summed E-state index contributed by atoms with van der Waals surface area (Å²) in [5, 5.41) is 4.52. The molecular formula is C20H26N4O. The number of benzene rings is 1. The number of carbonyl (C=O) groups is 1. The third-order valence-corrected chi connectivity index (χ3v) is 4.62. The van der Waals surface area contributed by atoms with E-state index in [1.54, 1.807) is 0 Å². The van der Waals surface area contributed by atoms with Crippen LogP contribution in [0.2, 0.25) is 0 Å². The largest absolute Gasteiger partial charge is 0.370 e. The summed E-state index contributed by atoms with van der Waals surface area (Å²) in [5.41, 5.74) is 10.3. The van der Waals surface area contributed by atoms with Crippen molar-refractivity contribution in [1.29, 1.82) is 0 Å². The van der Waals surface area contributed by atoms with Gasteiger partial charge < -0.3 is 5.73 Å². The molecule has 1 aromatic carbocycles. The number of hydrogen-bond acceptors (Lipinski definition) is 3. The Hall–Kier alpha value is -2.40. The molecule has 5 nitrogen and oxygen atoms in total. The summed E-state index contributed by atoms with van der Waals surface area (Å²) in [4.78, 5) is 13.2. The molecule has 0 radical (unpaired) electrons. The first-order valence-electron chi connectivity index (χ1n) is 8.88. The fraction of sp³-hybridized carbons (Fsp3) is 0.400. The normalized spacial score (nSPS) is 15.2. The average Bonchev–Trinajstić information content (AvgIpc) is 3.04. The van der Waals surface area contributed by atoms with E-state index in [-0.39, 0.29) is 5.91 Å². The van der Waals surface area contributed by atoms with Crippen LogP contribution >= 0.6 is 0 Å². The average molecular weight is 338 g/mol. The molecule has 1 aliphatic heterocycles. The van der Waals surface area contributed by atoms with Crippen LogP contribution in [-0.4, -0.2) is 40.2 Å². The highest BCUT2D eigenvalue weighted by atomic mass is 16.1. The van der Waals surface area contributed by atoms with Crippen LogP contribution in [0.3, 0.4) is 0 Å². The van der Waals surface area contributed by atoms with Crippen molar-refractivity contribution >= 4 is 11.5 Å². The van der Waals surface area contributed by atoms with Crippen LogP contribution in [0.1, 0.15) is 36.0 Å². The van der Waals surface area contributed by atoms with Crippen molar-refractivity contribution in [3.63, 3.8) is 0 Å². The van der Waals surface area contributed by atoms with Crippen molar-refractivity contribution in [2.24, 2.45) is 5.73 Å². The highest BCUT2D eigenvalue weighted by Gasteiger charge is 2.14. The maximum absolute atomic E-state index is 10.8. The van der Waals surface area contributed by atoms with Crippen molar-refractivity contribution in [2.45, 2.75) is 32.7 Å². The molecular weight excluding hydrogens is 312 g/mol. The van der Waals surface area contributed by atoms with Crippen molar-refractivity contribution in [1.82, 2.24) is 14.7 Å². The van der Waals surface area contributed by atoms with E-state index in [9.17, 15) is 4.79 Å². The third-order valence-electron chi connectivity index (χ3n) is 4.62. The van der Waals surface area contributed by atoms with Gasteiger partial charge in [0.05, 0.1) is 12.7 Å². The van der Waals surface area contributed by atoms with Gasteiger partial charge in [-0.3, -0.25) is 14.4 Å². The summed E-state index contributed by atoms with van der Waals surface area (Å²) in [5.74, 6) is -0.214. The van der Waals surface area contributed by atoms with Crippen LogP contribution in [0, 0.1) is 6.92 Å². The number of nitrogens with two attached hydrogens (primary N) is 1. The lowest BCUT2D eigenvalue weighted by Gasteiger charge is -2.25. The quantitative estimate of drug-likeness (QED) is 0.844. The minimum absolute atomic E-state index is 0.214. The third kappa shape index (κ3) is 5.03. The van der Waals surface area contributed by atoms with Crippen molar-refractivity contribution in [3.8, 4) is 0 Å². The standard InChI is InChI=1S/C20H26N4O/c1-16-4-2-5-17(12-16)14-24-15-19(13-22-24)18-7-10-23(11-8-18)9-3-6-20(21)25/h2,4-5,7,12-13,15H,3,6,8-11,14H2,1H3,(H2,21,25). The Labute approximate surface area is 149 Å². The molecule has 2 aromatic rings. The van der Waals surface area contributed by atoms with Crippen LogP contribution in [0.4, 0.5) is 0 Å². The minimum Gasteiger partial charge on any atom is -0.370 e. The number of aromatic nitrogens is 2. The van der Waals surface area contributed by atoms with Crippen LogP contribution in [0.25, 0.3) is 5.57 Å². The molecule has 25 heavy (non-hydrogen) atoms. The zero-order chi connectivity index (χ0) is 17.6. The molecule has 0 saturated heterocycles. The Morgan fingerprint density at radius 2 is 2.24 bits per heavy atom. The first-order chi connectivity index (χ1) is 12.1. The number of rotatable bonds is 7. The monoisotopic (exact) mass is 338 g/mol. The zero-order valence-electron chi connectivity index (χ0n) is 14.8. The van der Waals surface area contributed by atoms with Gasteiger partial charge in [0.25, 0.3) is 0 Å². The van der Waals surface area contributed by atoms with E-state index in [4.69, 9.17) is 5.73 Å². The summed E-state index contributed by atoms with van der Waals surface area (Å²) in [6, 6.07) is 8.54. The van der Waals surface area contributed by atoms with E-state index in [1.807, 2.05) is 10.9 Å². The van der Waals surface area contributed by atoms with Gasteiger partial charge in [0, 0.05) is 31.3 Å². The number of amides is 1. The zero-order valence-corrected chi connectivity index (χ0v) is 14.8. The van der Waals surface area contributed by atoms with Crippen LogP contribution in [0.15, 0.2) is 42.7 Å². The maximum atomic E-state index is 10.8. The number of nitrogens with zero attached hydrogens (tertiary/aromatic N) is 3. The molecule has 1 aromatic heterocycles. The molecule has 1 amide bonds. The predicted molar refractivity (Wildman–Crippen MR) is 100.0 cm³/mol. The topological polar surface area (TPSA) is 64.2 Å². The van der Waals surface area contributed by atoms with E-state index in [0.29, 0.717) is 6.42 Å². The van der Waals surface area contributed by atoms with Gasteiger partial charge in [0.2, 0.25) is 5.91 Å². The fourth-order valence-corrected chi connectivity index (χ4v) is 3.27. The van der Waals surface area contributed by atoms with Crippen LogP contribution < -0.4 is 5.73 Å². The summed E-state index contributed by atoms with van der Waals surface area (Å²) >= 11 is 0. The van der Waals surface area contributed by atoms with Gasteiger partial charge in [0.15, 0.2) is 0 Å². The number of aryl methyl sites for hydroxylation is 1. The van der Waals surface area contributed by atoms with Crippen molar-refractivity contribution in [3.05, 3.63) is 59.4 Å². The fourth-order valence-electron chi connectivity index (χ4n) is 3.27. The van der Waals surface area contributed by atoms with Gasteiger partial charge in [-0.25, -0.2) is 0 Å². The van der Waals surface area contributed by atoms with E-state index in [0.717, 1.165) is 39.0 Å². The molecule has 5 heteroatoms. The van der Waals surface area contributed by atoms with Gasteiger partial charge in [0.1, 0.15) is 0 Å². The summed E-state index contributed by atoms with van der Waals surface area (Å²) in [6.45, 7) is 5.79. The second-order valence-corrected chi connectivity index (χ2v) is 6.77. The Kier molecular flexibility index (Phi) is 5.66. The molecule has 2 heterocycles. The Morgan fingerprint density at radius 1 is 1.36 bits per heavy atom. The Bertz CT molecular complexity index is 763. The minimum atomic E-state index is -0.214. The molecule has 0 spiro atoms. The van der Waals surface area contributed by atoms with Crippen molar-refractivity contribution < 1.29 is 4.79 Å². The van der Waals surface area contributed by atoms with Crippen LogP contribution in [0.5, 0.6) is 0 Å². The second-order valence-electron chi connectivity index (χ2n) is 6.77. The van der Waals surface area contributed by atoms with Gasteiger partial charge in [-0.15, -0.1) is 0 Å². The van der Waals surface area contributed by atoms with Crippen molar-refractivity contribution in [2.75, 3.05) is 19.6 Å². The van der Waals surface area contributed by atoms with E-state index < -0.39 is 0 Å². The molecule has 132 valence electrons. The predicted octanol–water partition coefficient (Wildman–Crippen LogP) is 2.59. The summed E-state index contributed by atoms with van der Waals surface area (Å²) in [6.07, 6.45) is 8.71. The highest BCUT2D eigenvalue weighted by molar-refractivity contribution is 5.73. The van der Waals surface area contributed by atoms with Gasteiger partial charge in [-0.2, -0.15) is 5.10 Å². The number of carbonyl (C=O) groups excluding carboxylic acids is 1. The lowest BCUT2D eigenvalue weighted by molar-refractivity contribution is -0.118. The number of primary amides is 1. The smallest absolute Gasteiger partial charge is 0.217 e. The lowest BCUT2D eigenvalue weighted by Crippen LogP contribution is -2.30. The molecule has 3 rings (SSSR count). The molecule has 0 unspecified atom stereocenters. The maximum Gasteiger partial charge on any atom is 0.217 e. The molecule has 0 bridgehead atoms. The number of hydrogen-bond donors (Lipinski definition) is 1. The Morgan fingerprint density at radius 3 is 2.96 bits per heavy atom. The molecule has 0 saturated carbocycles. The molecule has 0 atom stereocenters. The van der Waals surface area contributed by atoms with Gasteiger partial charge in [-0.1, -0.05) is 35.9 Å². The van der Waals surface area contributed by atoms with Crippen LogP contribution in [-0.2, 0) is 11.3 Å². The second kappa shape index (κ2) is 8.12. The van der Waals surface area contributed by atoms with Gasteiger partial charge >= 0.3 is 0 Å². The first kappa shape index (κ1) is 17.4. The lowest BCUT2D eigenvalue weighted by atomic mass is 10.0. The highest BCUT2D eigenvalue weighted by Crippen LogP contribution is 2.22. The SMILES string of the molecule is Cc1cccc(Cn2cc(C3=CCN(CCCC(N)=O)CC3)cn2)c1. The van der Waals surface area contributed by atoms with Gasteiger partial charge in [-0.05, 0) is 37.4 Å².